The Morgan fingerprint density at radius 2 is 1.95 bits per heavy atom. The zero-order valence-corrected chi connectivity index (χ0v) is 22.0. The molecule has 0 bridgehead atoms. The van der Waals surface area contributed by atoms with Gasteiger partial charge in [-0.3, -0.25) is 19.4 Å². The maximum absolute atomic E-state index is 12.4. The van der Waals surface area contributed by atoms with Crippen LogP contribution in [0.2, 0.25) is 0 Å². The van der Waals surface area contributed by atoms with E-state index in [0.717, 1.165) is 29.0 Å². The van der Waals surface area contributed by atoms with Crippen molar-refractivity contribution in [2.75, 3.05) is 23.4 Å². The zero-order chi connectivity index (χ0) is 27.6. The number of hydrogen-bond acceptors (Lipinski definition) is 7. The molecule has 0 saturated heterocycles. The molecule has 0 saturated carbocycles. The maximum Gasteiger partial charge on any atom is 0.290 e. The summed E-state index contributed by atoms with van der Waals surface area (Å²) in [5, 5.41) is 0. The van der Waals surface area contributed by atoms with Crippen molar-refractivity contribution in [3.8, 4) is 22.4 Å². The molecule has 2 N–H and O–H groups in total. The third-order valence-electron chi connectivity index (χ3n) is 6.55. The quantitative estimate of drug-likeness (QED) is 0.340. The van der Waals surface area contributed by atoms with E-state index in [-0.39, 0.29) is 11.6 Å². The molecule has 3 aromatic heterocycles. The summed E-state index contributed by atoms with van der Waals surface area (Å²) < 4.78 is 6.60. The fourth-order valence-corrected chi connectivity index (χ4v) is 4.63. The van der Waals surface area contributed by atoms with E-state index in [0.29, 0.717) is 34.7 Å². The van der Waals surface area contributed by atoms with Gasteiger partial charge >= 0.3 is 0 Å². The lowest BCUT2D eigenvalue weighted by Crippen LogP contribution is -2.41. The molecule has 1 aromatic carbocycles. The van der Waals surface area contributed by atoms with E-state index in [9.17, 15) is 14.4 Å². The number of carbonyl (C=O) groups excluding carboxylic acids is 2. The number of nitrogens with zero attached hydrogens (tertiary/aromatic N) is 5. The number of hydrogen-bond donors (Lipinski definition) is 1. The summed E-state index contributed by atoms with van der Waals surface area (Å²) >= 11 is 0. The number of benzene rings is 1. The minimum atomic E-state index is -0.553. The van der Waals surface area contributed by atoms with Crippen molar-refractivity contribution in [2.24, 2.45) is 12.8 Å². The normalized spacial score (nSPS) is 11.7. The summed E-state index contributed by atoms with van der Waals surface area (Å²) in [4.78, 5) is 48.7. The Morgan fingerprint density at radius 1 is 1.18 bits per heavy atom. The lowest BCUT2D eigenvalue weighted by Gasteiger charge is -2.30. The number of likely N-dealkylation sites (N-methyl/N-ethyl adjacent to an activating group) is 1. The Morgan fingerprint density at radius 3 is 2.55 bits per heavy atom. The highest BCUT2D eigenvalue weighted by Gasteiger charge is 2.20. The highest BCUT2D eigenvalue weighted by atomic mass is 16.5. The Hall–Kier alpha value is -4.73. The molecule has 0 aliphatic heterocycles. The Kier molecular flexibility index (Phi) is 7.43. The van der Waals surface area contributed by atoms with Crippen molar-refractivity contribution in [3.63, 3.8) is 0 Å². The molecule has 1 atom stereocenters. The fraction of sp³-hybridized carbons (Fsp3) is 0.250. The third-order valence-corrected chi connectivity index (χ3v) is 6.55. The minimum absolute atomic E-state index is 0.208. The van der Waals surface area contributed by atoms with Crippen LogP contribution in [0.3, 0.4) is 0 Å². The molecule has 2 amide bonds. The van der Waals surface area contributed by atoms with Gasteiger partial charge in [0, 0.05) is 61.0 Å². The fourth-order valence-electron chi connectivity index (χ4n) is 4.63. The van der Waals surface area contributed by atoms with Crippen LogP contribution in [0.4, 0.5) is 11.5 Å². The summed E-state index contributed by atoms with van der Waals surface area (Å²) in [7, 11) is 3.48. The lowest BCUT2D eigenvalue weighted by molar-refractivity contribution is -0.107. The molecule has 10 nitrogen and oxygen atoms in total. The summed E-state index contributed by atoms with van der Waals surface area (Å²) in [6.45, 7) is 6.12. The maximum atomic E-state index is 12.4. The lowest BCUT2D eigenvalue weighted by atomic mass is 10.0. The number of nitrogens with two attached hydrogens (primary N) is 1. The second-order valence-corrected chi connectivity index (χ2v) is 9.22. The van der Waals surface area contributed by atoms with Crippen LogP contribution < -0.4 is 21.1 Å². The number of aromatic nitrogens is 3. The van der Waals surface area contributed by atoms with E-state index < -0.39 is 5.91 Å². The molecular weight excluding hydrogens is 484 g/mol. The first kappa shape index (κ1) is 26.3. The van der Waals surface area contributed by atoms with Crippen LogP contribution in [0.15, 0.2) is 64.2 Å². The molecule has 0 spiro atoms. The Balaban J connectivity index is 1.57. The van der Waals surface area contributed by atoms with Gasteiger partial charge in [-0.2, -0.15) is 4.74 Å². The first-order chi connectivity index (χ1) is 18.1. The predicted molar refractivity (Wildman–Crippen MR) is 146 cm³/mol. The van der Waals surface area contributed by atoms with E-state index in [1.54, 1.807) is 55.5 Å². The summed E-state index contributed by atoms with van der Waals surface area (Å²) in [6.07, 6.45) is 4.14. The first-order valence-corrected chi connectivity index (χ1v) is 12.1. The average Bonchev–Trinajstić information content (AvgIpc) is 3.15. The monoisotopic (exact) mass is 514 g/mol. The molecule has 0 aliphatic rings. The van der Waals surface area contributed by atoms with Gasteiger partial charge in [-0.15, -0.1) is 0 Å². The van der Waals surface area contributed by atoms with Crippen LogP contribution in [0.25, 0.3) is 22.4 Å². The van der Waals surface area contributed by atoms with Gasteiger partial charge in [0.2, 0.25) is 12.3 Å². The topological polar surface area (TPSA) is 128 Å². The number of anilines is 2. The van der Waals surface area contributed by atoms with Gasteiger partial charge in [-0.05, 0) is 51.1 Å². The van der Waals surface area contributed by atoms with Crippen LogP contribution in [0, 0.1) is 13.8 Å². The molecule has 3 heterocycles. The highest BCUT2D eigenvalue weighted by molar-refractivity contribution is 5.94. The van der Waals surface area contributed by atoms with E-state index in [2.05, 4.69) is 9.97 Å². The van der Waals surface area contributed by atoms with Gasteiger partial charge in [0.05, 0.1) is 17.3 Å². The van der Waals surface area contributed by atoms with E-state index in [4.69, 9.17) is 10.3 Å². The number of rotatable bonds is 9. The highest BCUT2D eigenvalue weighted by Crippen LogP contribution is 2.29. The van der Waals surface area contributed by atoms with E-state index >= 15 is 0 Å². The predicted octanol–water partition coefficient (Wildman–Crippen LogP) is 3.31. The van der Waals surface area contributed by atoms with Gasteiger partial charge in [0.1, 0.15) is 11.6 Å². The van der Waals surface area contributed by atoms with Crippen LogP contribution >= 0.6 is 0 Å². The van der Waals surface area contributed by atoms with Crippen molar-refractivity contribution in [1.82, 2.24) is 14.7 Å². The molecule has 10 heteroatoms. The summed E-state index contributed by atoms with van der Waals surface area (Å²) in [6, 6.07) is 12.1. The Labute approximate surface area is 220 Å². The van der Waals surface area contributed by atoms with Crippen LogP contribution in [-0.2, 0) is 11.8 Å². The summed E-state index contributed by atoms with van der Waals surface area (Å²) in [5.74, 6) is 0.732. The van der Waals surface area contributed by atoms with Gasteiger partial charge < -0.3 is 20.1 Å². The molecule has 4 rings (SSSR count). The van der Waals surface area contributed by atoms with Gasteiger partial charge in [0.15, 0.2) is 0 Å². The molecule has 196 valence electrons. The first-order valence-electron chi connectivity index (χ1n) is 12.1. The minimum Gasteiger partial charge on any atom is -0.381 e. The second-order valence-electron chi connectivity index (χ2n) is 9.22. The molecule has 4 aromatic rings. The van der Waals surface area contributed by atoms with Crippen molar-refractivity contribution in [1.29, 1.82) is 0 Å². The molecule has 0 fully saturated rings. The van der Waals surface area contributed by atoms with Gasteiger partial charge in [0.25, 0.3) is 5.56 Å². The molecule has 1 unspecified atom stereocenters. The number of carbonyl (C=O) groups is 2. The van der Waals surface area contributed by atoms with Crippen LogP contribution in [0.5, 0.6) is 0 Å². The zero-order valence-electron chi connectivity index (χ0n) is 22.0. The summed E-state index contributed by atoms with van der Waals surface area (Å²) in [5.41, 5.74) is 9.86. The van der Waals surface area contributed by atoms with Crippen LogP contribution in [-0.4, -0.2) is 46.7 Å². The molecular formula is C28H30N6O4. The average molecular weight is 515 g/mol. The Bertz CT molecular complexity index is 1540. The second kappa shape index (κ2) is 10.7. The molecule has 38 heavy (non-hydrogen) atoms. The number of pyridine rings is 2. The third kappa shape index (κ3) is 5.06. The van der Waals surface area contributed by atoms with Gasteiger partial charge in [-0.25, -0.2) is 4.98 Å². The van der Waals surface area contributed by atoms with Crippen molar-refractivity contribution >= 4 is 23.8 Å². The van der Waals surface area contributed by atoms with Gasteiger partial charge in [-0.1, -0.05) is 12.1 Å². The standard InChI is InChI=1S/C28H30N6O4/c1-17(34(16-35)22-8-6-7-20(13-22)26(29)36)15-32(4)27-18(2)23(11-12-30-27)24-10-9-21(14-31-24)25-19(3)38-33(5)28(25)37/h6-14,16-17H,15H2,1-5H3,(H2,29,36). The van der Waals surface area contributed by atoms with Crippen LogP contribution in [0.1, 0.15) is 28.6 Å². The largest absolute Gasteiger partial charge is 0.381 e. The molecule has 0 aliphatic carbocycles. The smallest absolute Gasteiger partial charge is 0.290 e. The van der Waals surface area contributed by atoms with Crippen molar-refractivity contribution in [3.05, 3.63) is 82.1 Å². The number of primary amides is 1. The number of aryl methyl sites for hydroxylation is 2. The van der Waals surface area contributed by atoms with E-state index in [1.807, 2.05) is 44.0 Å². The van der Waals surface area contributed by atoms with Crippen molar-refractivity contribution in [2.45, 2.75) is 26.8 Å². The number of amides is 2. The van der Waals surface area contributed by atoms with E-state index in [1.165, 1.54) is 4.74 Å². The molecule has 0 radical (unpaired) electrons. The SMILES string of the molecule is Cc1on(C)c(=O)c1-c1ccc(-c2ccnc(N(C)CC(C)N(C=O)c3cccc(C(N)=O)c3)c2C)nc1. The van der Waals surface area contributed by atoms with Crippen molar-refractivity contribution < 1.29 is 14.1 Å².